The molecular weight excluding hydrogens is 332 g/mol. The van der Waals surface area contributed by atoms with E-state index < -0.39 is 17.2 Å². The van der Waals surface area contributed by atoms with Crippen molar-refractivity contribution in [2.45, 2.75) is 97.0 Å². The van der Waals surface area contributed by atoms with Gasteiger partial charge in [0.15, 0.2) is 0 Å². The van der Waals surface area contributed by atoms with E-state index in [1.807, 2.05) is 46.4 Å². The van der Waals surface area contributed by atoms with Gasteiger partial charge in [-0.1, -0.05) is 6.92 Å². The van der Waals surface area contributed by atoms with Gasteiger partial charge in [-0.2, -0.15) is 0 Å². The number of morpholine rings is 1. The molecule has 0 spiro atoms. The second-order valence-electron chi connectivity index (χ2n) is 9.77. The van der Waals surface area contributed by atoms with Gasteiger partial charge < -0.3 is 19.7 Å². The monoisotopic (exact) mass is 368 g/mol. The lowest BCUT2D eigenvalue weighted by Crippen LogP contribution is -2.65. The number of amides is 2. The maximum atomic E-state index is 13.5. The Morgan fingerprint density at radius 3 is 2.23 bits per heavy atom. The second kappa shape index (κ2) is 7.37. The molecule has 1 N–H and O–H groups in total. The Bertz CT molecular complexity index is 530. The van der Waals surface area contributed by atoms with E-state index >= 15 is 0 Å². The maximum Gasteiger partial charge on any atom is 0.408 e. The minimum absolute atomic E-state index is 0.00140. The molecule has 1 heterocycles. The number of nitrogens with one attached hydrogen (secondary N) is 1. The van der Waals surface area contributed by atoms with Crippen molar-refractivity contribution in [2.24, 2.45) is 5.92 Å². The SMILES string of the molecule is CC1CCC(NC(=O)OC(C)(C)C)(C(=O)N2CC(C)OC(C)(C)C2)CC1. The van der Waals surface area contributed by atoms with Gasteiger partial charge in [0, 0.05) is 13.1 Å². The number of rotatable bonds is 2. The van der Waals surface area contributed by atoms with Crippen LogP contribution in [0.25, 0.3) is 0 Å². The molecule has 1 aliphatic heterocycles. The van der Waals surface area contributed by atoms with Crippen LogP contribution in [0.15, 0.2) is 0 Å². The van der Waals surface area contributed by atoms with Crippen LogP contribution in [0.2, 0.25) is 0 Å². The van der Waals surface area contributed by atoms with E-state index in [1.165, 1.54) is 0 Å². The molecule has 1 atom stereocenters. The first-order chi connectivity index (χ1) is 11.8. The van der Waals surface area contributed by atoms with Crippen LogP contribution >= 0.6 is 0 Å². The van der Waals surface area contributed by atoms with E-state index in [4.69, 9.17) is 9.47 Å². The third-order valence-electron chi connectivity index (χ3n) is 5.13. The molecule has 0 aromatic carbocycles. The highest BCUT2D eigenvalue weighted by atomic mass is 16.6. The molecular formula is C20H36N2O4. The highest BCUT2D eigenvalue weighted by molar-refractivity contribution is 5.90. The molecule has 0 aromatic rings. The van der Waals surface area contributed by atoms with Gasteiger partial charge in [-0.15, -0.1) is 0 Å². The first-order valence-electron chi connectivity index (χ1n) is 9.80. The fourth-order valence-corrected chi connectivity index (χ4v) is 4.06. The first-order valence-corrected chi connectivity index (χ1v) is 9.80. The summed E-state index contributed by atoms with van der Waals surface area (Å²) in [6.45, 7) is 14.8. The summed E-state index contributed by atoms with van der Waals surface area (Å²) in [7, 11) is 0. The predicted octanol–water partition coefficient (Wildman–Crippen LogP) is 3.49. The Labute approximate surface area is 158 Å². The molecule has 6 heteroatoms. The molecule has 0 radical (unpaired) electrons. The van der Waals surface area contributed by atoms with Gasteiger partial charge in [0.25, 0.3) is 0 Å². The average Bonchev–Trinajstić information content (AvgIpc) is 2.45. The van der Waals surface area contributed by atoms with Gasteiger partial charge in [0.1, 0.15) is 11.1 Å². The Hall–Kier alpha value is -1.30. The van der Waals surface area contributed by atoms with E-state index in [2.05, 4.69) is 12.2 Å². The van der Waals surface area contributed by atoms with Crippen LogP contribution < -0.4 is 5.32 Å². The van der Waals surface area contributed by atoms with E-state index in [0.717, 1.165) is 12.8 Å². The van der Waals surface area contributed by atoms with Crippen LogP contribution in [0.1, 0.15) is 74.1 Å². The Morgan fingerprint density at radius 2 is 1.73 bits per heavy atom. The normalized spacial score (nSPS) is 32.0. The molecule has 1 saturated carbocycles. The van der Waals surface area contributed by atoms with Crippen molar-refractivity contribution in [3.05, 3.63) is 0 Å². The summed E-state index contributed by atoms with van der Waals surface area (Å²) in [6.07, 6.45) is 2.61. The number of hydrogen-bond acceptors (Lipinski definition) is 4. The van der Waals surface area contributed by atoms with E-state index in [-0.39, 0.29) is 17.6 Å². The quantitative estimate of drug-likeness (QED) is 0.810. The van der Waals surface area contributed by atoms with Gasteiger partial charge >= 0.3 is 6.09 Å². The Morgan fingerprint density at radius 1 is 1.15 bits per heavy atom. The van der Waals surface area contributed by atoms with Crippen LogP contribution in [0.5, 0.6) is 0 Å². The lowest BCUT2D eigenvalue weighted by atomic mass is 9.76. The summed E-state index contributed by atoms with van der Waals surface area (Å²) in [4.78, 5) is 27.8. The van der Waals surface area contributed by atoms with Crippen LogP contribution in [-0.2, 0) is 14.3 Å². The number of alkyl carbamates (subject to hydrolysis) is 1. The zero-order chi connectivity index (χ0) is 19.8. The number of carbonyl (C=O) groups excluding carboxylic acids is 2. The third kappa shape index (κ3) is 5.35. The Kier molecular flexibility index (Phi) is 5.96. The van der Waals surface area contributed by atoms with Crippen LogP contribution in [0.4, 0.5) is 4.79 Å². The van der Waals surface area contributed by atoms with Gasteiger partial charge in [0.05, 0.1) is 11.7 Å². The average molecular weight is 369 g/mol. The van der Waals surface area contributed by atoms with Gasteiger partial charge in [0.2, 0.25) is 5.91 Å². The molecule has 2 aliphatic rings. The summed E-state index contributed by atoms with van der Waals surface area (Å²) < 4.78 is 11.4. The Balaban J connectivity index is 2.20. The van der Waals surface area contributed by atoms with E-state index in [1.54, 1.807) is 0 Å². The molecule has 26 heavy (non-hydrogen) atoms. The fraction of sp³-hybridized carbons (Fsp3) is 0.900. The fourth-order valence-electron chi connectivity index (χ4n) is 4.06. The highest BCUT2D eigenvalue weighted by Crippen LogP contribution is 2.35. The van der Waals surface area contributed by atoms with Crippen LogP contribution in [0, 0.1) is 5.92 Å². The van der Waals surface area contributed by atoms with Crippen molar-refractivity contribution in [1.29, 1.82) is 0 Å². The number of nitrogens with zero attached hydrogens (tertiary/aromatic N) is 1. The number of hydrogen-bond donors (Lipinski definition) is 1. The zero-order valence-electron chi connectivity index (χ0n) is 17.5. The number of carbonyl (C=O) groups is 2. The largest absolute Gasteiger partial charge is 0.444 e. The lowest BCUT2D eigenvalue weighted by molar-refractivity contribution is -0.165. The zero-order valence-corrected chi connectivity index (χ0v) is 17.5. The van der Waals surface area contributed by atoms with E-state index in [0.29, 0.717) is 31.8 Å². The molecule has 1 aliphatic carbocycles. The highest BCUT2D eigenvalue weighted by Gasteiger charge is 2.47. The maximum absolute atomic E-state index is 13.5. The van der Waals surface area contributed by atoms with Gasteiger partial charge in [-0.3, -0.25) is 4.79 Å². The molecule has 2 fully saturated rings. The van der Waals surface area contributed by atoms with Crippen molar-refractivity contribution in [3.8, 4) is 0 Å². The smallest absolute Gasteiger partial charge is 0.408 e. The van der Waals surface area contributed by atoms with Crippen LogP contribution in [0.3, 0.4) is 0 Å². The van der Waals surface area contributed by atoms with Crippen LogP contribution in [-0.4, -0.2) is 52.8 Å². The summed E-state index contributed by atoms with van der Waals surface area (Å²) in [6, 6.07) is 0. The number of ether oxygens (including phenoxy) is 2. The van der Waals surface area contributed by atoms with Gasteiger partial charge in [-0.05, 0) is 73.1 Å². The molecule has 2 rings (SSSR count). The third-order valence-corrected chi connectivity index (χ3v) is 5.13. The van der Waals surface area contributed by atoms with Crippen molar-refractivity contribution < 1.29 is 19.1 Å². The molecule has 0 bridgehead atoms. The van der Waals surface area contributed by atoms with Crippen molar-refractivity contribution in [3.63, 3.8) is 0 Å². The summed E-state index contributed by atoms with van der Waals surface area (Å²) in [5.74, 6) is 0.565. The van der Waals surface area contributed by atoms with Gasteiger partial charge in [-0.25, -0.2) is 4.79 Å². The first kappa shape index (κ1) is 21.0. The van der Waals surface area contributed by atoms with Crippen molar-refractivity contribution in [2.75, 3.05) is 13.1 Å². The minimum atomic E-state index is -0.873. The van der Waals surface area contributed by atoms with E-state index in [9.17, 15) is 9.59 Å². The summed E-state index contributed by atoms with van der Waals surface area (Å²) in [5.41, 5.74) is -1.85. The van der Waals surface area contributed by atoms with Crippen molar-refractivity contribution in [1.82, 2.24) is 10.2 Å². The lowest BCUT2D eigenvalue weighted by Gasteiger charge is -2.47. The van der Waals surface area contributed by atoms with Crippen molar-refractivity contribution >= 4 is 12.0 Å². The molecule has 0 aromatic heterocycles. The summed E-state index contributed by atoms with van der Waals surface area (Å²) >= 11 is 0. The molecule has 150 valence electrons. The predicted molar refractivity (Wildman–Crippen MR) is 101 cm³/mol. The molecule has 1 unspecified atom stereocenters. The second-order valence-corrected chi connectivity index (χ2v) is 9.77. The molecule has 1 saturated heterocycles. The topological polar surface area (TPSA) is 67.9 Å². The summed E-state index contributed by atoms with van der Waals surface area (Å²) in [5, 5.41) is 2.96. The minimum Gasteiger partial charge on any atom is -0.444 e. The standard InChI is InChI=1S/C20H36N2O4/c1-14-8-10-20(11-9-14,21-17(24)26-18(3,4)5)16(23)22-12-15(2)25-19(6,7)13-22/h14-15H,8-13H2,1-7H3,(H,21,24). The molecule has 2 amide bonds. The molecule has 6 nitrogen and oxygen atoms in total.